The lowest BCUT2D eigenvalue weighted by Gasteiger charge is -2.32. The van der Waals surface area contributed by atoms with Crippen LogP contribution in [0.4, 0.5) is 0 Å². The van der Waals surface area contributed by atoms with Gasteiger partial charge >= 0.3 is 0 Å². The summed E-state index contributed by atoms with van der Waals surface area (Å²) in [5.41, 5.74) is 0. The van der Waals surface area contributed by atoms with E-state index < -0.39 is 0 Å². The molecule has 84 valence electrons. The van der Waals surface area contributed by atoms with E-state index in [9.17, 15) is 0 Å². The molecule has 1 rings (SSSR count). The van der Waals surface area contributed by atoms with Gasteiger partial charge in [-0.3, -0.25) is 0 Å². The third-order valence-corrected chi connectivity index (χ3v) is 3.51. The summed E-state index contributed by atoms with van der Waals surface area (Å²) in [7, 11) is 2.22. The minimum Gasteiger partial charge on any atom is -0.304 e. The molecule has 1 aliphatic rings. The van der Waals surface area contributed by atoms with Crippen LogP contribution in [0.15, 0.2) is 0 Å². The van der Waals surface area contributed by atoms with Gasteiger partial charge in [-0.2, -0.15) is 0 Å². The van der Waals surface area contributed by atoms with Crippen molar-refractivity contribution in [3.8, 4) is 0 Å². The van der Waals surface area contributed by atoms with Crippen LogP contribution in [0, 0.1) is 0 Å². The van der Waals surface area contributed by atoms with E-state index in [0.29, 0.717) is 0 Å². The van der Waals surface area contributed by atoms with Crippen LogP contribution in [0.25, 0.3) is 0 Å². The van der Waals surface area contributed by atoms with E-state index in [1.807, 2.05) is 0 Å². The zero-order chi connectivity index (χ0) is 10.2. The normalized spacial score (nSPS) is 20.1. The van der Waals surface area contributed by atoms with Gasteiger partial charge in [0.15, 0.2) is 0 Å². The molecular weight excluding hydrogens is 240 g/mol. The molecule has 3 heteroatoms. The topological polar surface area (TPSA) is 6.48 Å². The molecule has 0 aromatic heterocycles. The average molecular weight is 263 g/mol. The predicted molar refractivity (Wildman–Crippen MR) is 66.2 cm³/mol. The molecule has 1 fully saturated rings. The molecule has 0 aromatic rings. The summed E-state index contributed by atoms with van der Waals surface area (Å²) < 4.78 is 0. The molecule has 0 amide bonds. The summed E-state index contributed by atoms with van der Waals surface area (Å²) in [6, 6.07) is 0. The van der Waals surface area contributed by atoms with Crippen molar-refractivity contribution in [1.29, 1.82) is 0 Å². The number of rotatable bonds is 6. The van der Waals surface area contributed by atoms with Gasteiger partial charge in [-0.05, 0) is 26.4 Å². The lowest BCUT2D eigenvalue weighted by molar-refractivity contribution is 0.152. The molecule has 0 saturated carbocycles. The van der Waals surface area contributed by atoms with Crippen LogP contribution in [-0.2, 0) is 0 Å². The van der Waals surface area contributed by atoms with E-state index in [4.69, 9.17) is 0 Å². The Hall–Kier alpha value is 0.400. The number of unbranched alkanes of at least 4 members (excludes halogenated alkanes) is 3. The number of alkyl halides is 1. The maximum Gasteiger partial charge on any atom is 0.0110 e. The van der Waals surface area contributed by atoms with Crippen LogP contribution in [-0.4, -0.2) is 54.9 Å². The fourth-order valence-corrected chi connectivity index (χ4v) is 2.25. The standard InChI is InChI=1S/C11H23BrN2/c1-13-8-10-14(11-9-13)7-5-3-2-4-6-12/h2-11H2,1H3. The van der Waals surface area contributed by atoms with Crippen molar-refractivity contribution in [1.82, 2.24) is 9.80 Å². The second kappa shape index (κ2) is 7.66. The molecule has 2 nitrogen and oxygen atoms in total. The smallest absolute Gasteiger partial charge is 0.0110 e. The molecule has 1 heterocycles. The number of piperazine rings is 1. The lowest BCUT2D eigenvalue weighted by atomic mass is 10.2. The van der Waals surface area contributed by atoms with Crippen molar-refractivity contribution in [3.63, 3.8) is 0 Å². The van der Waals surface area contributed by atoms with Crippen LogP contribution in [0.1, 0.15) is 25.7 Å². The molecule has 1 aliphatic heterocycles. The van der Waals surface area contributed by atoms with Crippen molar-refractivity contribution in [3.05, 3.63) is 0 Å². The van der Waals surface area contributed by atoms with Gasteiger partial charge in [0, 0.05) is 31.5 Å². The summed E-state index contributed by atoms with van der Waals surface area (Å²) in [4.78, 5) is 5.02. The summed E-state index contributed by atoms with van der Waals surface area (Å²) in [5, 5.41) is 1.17. The van der Waals surface area contributed by atoms with Crippen LogP contribution in [0.5, 0.6) is 0 Å². The van der Waals surface area contributed by atoms with Crippen LogP contribution in [0.2, 0.25) is 0 Å². The molecule has 14 heavy (non-hydrogen) atoms. The summed E-state index contributed by atoms with van der Waals surface area (Å²) >= 11 is 3.47. The molecule has 0 radical (unpaired) electrons. The van der Waals surface area contributed by atoms with Crippen molar-refractivity contribution < 1.29 is 0 Å². The number of hydrogen-bond acceptors (Lipinski definition) is 2. The van der Waals surface area contributed by atoms with Crippen molar-refractivity contribution in [2.24, 2.45) is 0 Å². The first-order valence-electron chi connectivity index (χ1n) is 5.80. The van der Waals surface area contributed by atoms with E-state index in [-0.39, 0.29) is 0 Å². The predicted octanol–water partition coefficient (Wildman–Crippen LogP) is 2.19. The van der Waals surface area contributed by atoms with E-state index in [1.54, 1.807) is 0 Å². The van der Waals surface area contributed by atoms with E-state index >= 15 is 0 Å². The fourth-order valence-electron chi connectivity index (χ4n) is 1.85. The van der Waals surface area contributed by atoms with Gasteiger partial charge in [-0.25, -0.2) is 0 Å². The van der Waals surface area contributed by atoms with Crippen molar-refractivity contribution in [2.45, 2.75) is 25.7 Å². The number of nitrogens with zero attached hydrogens (tertiary/aromatic N) is 2. The van der Waals surface area contributed by atoms with Gasteiger partial charge in [0.2, 0.25) is 0 Å². The van der Waals surface area contributed by atoms with Crippen LogP contribution in [0.3, 0.4) is 0 Å². The van der Waals surface area contributed by atoms with Crippen LogP contribution >= 0.6 is 15.9 Å². The van der Waals surface area contributed by atoms with Gasteiger partial charge < -0.3 is 9.80 Å². The zero-order valence-electron chi connectivity index (χ0n) is 9.34. The van der Waals surface area contributed by atoms with Gasteiger partial charge in [0.1, 0.15) is 0 Å². The Balaban J connectivity index is 1.91. The van der Waals surface area contributed by atoms with Gasteiger partial charge in [-0.15, -0.1) is 0 Å². The molecular formula is C11H23BrN2. The van der Waals surface area contributed by atoms with E-state index in [2.05, 4.69) is 32.8 Å². The Morgan fingerprint density at radius 1 is 0.929 bits per heavy atom. The summed E-state index contributed by atoms with van der Waals surface area (Å²) in [5.74, 6) is 0. The van der Waals surface area contributed by atoms with E-state index in [1.165, 1.54) is 63.7 Å². The molecule has 0 atom stereocenters. The third-order valence-electron chi connectivity index (χ3n) is 2.95. The Bertz CT molecular complexity index is 133. The van der Waals surface area contributed by atoms with Gasteiger partial charge in [0.25, 0.3) is 0 Å². The molecule has 0 N–H and O–H groups in total. The maximum atomic E-state index is 3.47. The molecule has 0 unspecified atom stereocenters. The second-order valence-corrected chi connectivity index (χ2v) is 5.04. The highest BCUT2D eigenvalue weighted by Crippen LogP contribution is 2.05. The Labute approximate surface area is 96.8 Å². The average Bonchev–Trinajstić information content (AvgIpc) is 2.21. The Morgan fingerprint density at radius 3 is 2.21 bits per heavy atom. The number of likely N-dealkylation sites (N-methyl/N-ethyl adjacent to an activating group) is 1. The minimum atomic E-state index is 1.17. The largest absolute Gasteiger partial charge is 0.304 e. The third kappa shape index (κ3) is 5.32. The first kappa shape index (κ1) is 12.5. The highest BCUT2D eigenvalue weighted by Gasteiger charge is 2.12. The molecule has 0 bridgehead atoms. The SMILES string of the molecule is CN1CCN(CCCCCCBr)CC1. The molecule has 0 spiro atoms. The fraction of sp³-hybridized carbons (Fsp3) is 1.00. The molecule has 1 saturated heterocycles. The summed E-state index contributed by atoms with van der Waals surface area (Å²) in [6.07, 6.45) is 5.51. The number of halogens is 1. The first-order chi connectivity index (χ1) is 6.83. The monoisotopic (exact) mass is 262 g/mol. The highest BCUT2D eigenvalue weighted by atomic mass is 79.9. The van der Waals surface area contributed by atoms with Crippen molar-refractivity contribution >= 4 is 15.9 Å². The van der Waals surface area contributed by atoms with E-state index in [0.717, 1.165) is 0 Å². The highest BCUT2D eigenvalue weighted by molar-refractivity contribution is 9.09. The van der Waals surface area contributed by atoms with Crippen LogP contribution < -0.4 is 0 Å². The Morgan fingerprint density at radius 2 is 1.57 bits per heavy atom. The minimum absolute atomic E-state index is 1.17. The summed E-state index contributed by atoms with van der Waals surface area (Å²) in [6.45, 7) is 6.36. The van der Waals surface area contributed by atoms with Gasteiger partial charge in [0.05, 0.1) is 0 Å². The first-order valence-corrected chi connectivity index (χ1v) is 6.92. The zero-order valence-corrected chi connectivity index (χ0v) is 10.9. The maximum absolute atomic E-state index is 3.47. The molecule has 0 aromatic carbocycles. The quantitative estimate of drug-likeness (QED) is 0.535. The molecule has 0 aliphatic carbocycles. The Kier molecular flexibility index (Phi) is 6.82. The lowest BCUT2D eigenvalue weighted by Crippen LogP contribution is -2.44. The van der Waals surface area contributed by atoms with Crippen molar-refractivity contribution in [2.75, 3.05) is 45.1 Å². The second-order valence-electron chi connectivity index (χ2n) is 4.25. The van der Waals surface area contributed by atoms with Gasteiger partial charge in [-0.1, -0.05) is 28.8 Å². The number of hydrogen-bond donors (Lipinski definition) is 0.